The van der Waals surface area contributed by atoms with Gasteiger partial charge in [0.1, 0.15) is 12.4 Å². The van der Waals surface area contributed by atoms with Gasteiger partial charge < -0.3 is 10.1 Å². The lowest BCUT2D eigenvalue weighted by Gasteiger charge is -2.08. The van der Waals surface area contributed by atoms with Crippen LogP contribution in [0.15, 0.2) is 48.7 Å². The van der Waals surface area contributed by atoms with Gasteiger partial charge in [-0.2, -0.15) is 0 Å². The monoisotopic (exact) mass is 256 g/mol. The molecule has 0 fully saturated rings. The molecule has 0 bridgehead atoms. The van der Waals surface area contributed by atoms with E-state index in [0.717, 1.165) is 31.0 Å². The maximum atomic E-state index is 5.75. The van der Waals surface area contributed by atoms with E-state index in [1.165, 1.54) is 5.56 Å². The molecule has 1 aromatic heterocycles. The molecular formula is C16H20N2O. The summed E-state index contributed by atoms with van der Waals surface area (Å²) in [5, 5.41) is 3.38. The normalized spacial score (nSPS) is 10.4. The van der Waals surface area contributed by atoms with Crippen LogP contribution in [0.5, 0.6) is 5.75 Å². The standard InChI is InChI=1S/C16H20N2O/c1-2-9-17-12-14-6-5-8-16(11-14)19-13-15-7-3-4-10-18-15/h3-8,10-11,17H,2,9,12-13H2,1H3. The minimum atomic E-state index is 0.507. The highest BCUT2D eigenvalue weighted by Gasteiger charge is 1.98. The van der Waals surface area contributed by atoms with Gasteiger partial charge in [0, 0.05) is 12.7 Å². The van der Waals surface area contributed by atoms with Crippen molar-refractivity contribution in [2.45, 2.75) is 26.5 Å². The largest absolute Gasteiger partial charge is 0.487 e. The second-order valence-corrected chi connectivity index (χ2v) is 4.43. The maximum Gasteiger partial charge on any atom is 0.130 e. The van der Waals surface area contributed by atoms with Gasteiger partial charge >= 0.3 is 0 Å². The van der Waals surface area contributed by atoms with Crippen molar-refractivity contribution >= 4 is 0 Å². The number of nitrogens with one attached hydrogen (secondary N) is 1. The molecule has 1 heterocycles. The summed E-state index contributed by atoms with van der Waals surface area (Å²) in [7, 11) is 0. The zero-order chi connectivity index (χ0) is 13.3. The summed E-state index contributed by atoms with van der Waals surface area (Å²) in [4.78, 5) is 4.24. The highest BCUT2D eigenvalue weighted by molar-refractivity contribution is 5.28. The molecule has 0 aliphatic carbocycles. The minimum absolute atomic E-state index is 0.507. The molecule has 3 heteroatoms. The van der Waals surface area contributed by atoms with E-state index in [1.807, 2.05) is 30.3 Å². The zero-order valence-corrected chi connectivity index (χ0v) is 11.3. The first-order valence-corrected chi connectivity index (χ1v) is 6.71. The molecule has 0 radical (unpaired) electrons. The van der Waals surface area contributed by atoms with E-state index in [1.54, 1.807) is 6.20 Å². The van der Waals surface area contributed by atoms with Crippen LogP contribution in [0, 0.1) is 0 Å². The van der Waals surface area contributed by atoms with Crippen molar-refractivity contribution in [3.8, 4) is 5.75 Å². The van der Waals surface area contributed by atoms with Crippen molar-refractivity contribution in [1.29, 1.82) is 0 Å². The van der Waals surface area contributed by atoms with E-state index in [2.05, 4.69) is 29.4 Å². The molecule has 0 aliphatic heterocycles. The third-order valence-corrected chi connectivity index (χ3v) is 2.77. The van der Waals surface area contributed by atoms with E-state index in [0.29, 0.717) is 6.61 Å². The predicted octanol–water partition coefficient (Wildman–Crippen LogP) is 3.16. The van der Waals surface area contributed by atoms with Crippen LogP contribution in [0.4, 0.5) is 0 Å². The highest BCUT2D eigenvalue weighted by atomic mass is 16.5. The zero-order valence-electron chi connectivity index (χ0n) is 11.3. The van der Waals surface area contributed by atoms with Crippen LogP contribution in [0.2, 0.25) is 0 Å². The molecule has 2 aromatic rings. The summed E-state index contributed by atoms with van der Waals surface area (Å²) < 4.78 is 5.75. The van der Waals surface area contributed by atoms with E-state index < -0.39 is 0 Å². The molecule has 19 heavy (non-hydrogen) atoms. The third kappa shape index (κ3) is 4.72. The van der Waals surface area contributed by atoms with Gasteiger partial charge in [0.25, 0.3) is 0 Å². The molecule has 1 aromatic carbocycles. The number of pyridine rings is 1. The Bertz CT molecular complexity index is 485. The van der Waals surface area contributed by atoms with Gasteiger partial charge in [-0.05, 0) is 42.8 Å². The van der Waals surface area contributed by atoms with Gasteiger partial charge in [0.2, 0.25) is 0 Å². The summed E-state index contributed by atoms with van der Waals surface area (Å²) >= 11 is 0. The first-order chi connectivity index (χ1) is 9.38. The molecule has 0 saturated heterocycles. The minimum Gasteiger partial charge on any atom is -0.487 e. The van der Waals surface area contributed by atoms with E-state index in [9.17, 15) is 0 Å². The van der Waals surface area contributed by atoms with Gasteiger partial charge in [0.05, 0.1) is 5.69 Å². The maximum absolute atomic E-state index is 5.75. The first-order valence-electron chi connectivity index (χ1n) is 6.71. The van der Waals surface area contributed by atoms with Crippen molar-refractivity contribution in [1.82, 2.24) is 10.3 Å². The average molecular weight is 256 g/mol. The molecule has 100 valence electrons. The molecule has 0 aliphatic rings. The van der Waals surface area contributed by atoms with Crippen LogP contribution < -0.4 is 10.1 Å². The summed E-state index contributed by atoms with van der Waals surface area (Å²) in [5.41, 5.74) is 2.18. The number of benzene rings is 1. The molecule has 3 nitrogen and oxygen atoms in total. The lowest BCUT2D eigenvalue weighted by atomic mass is 10.2. The smallest absolute Gasteiger partial charge is 0.130 e. The summed E-state index contributed by atoms with van der Waals surface area (Å²) in [6.07, 6.45) is 2.93. The Morgan fingerprint density at radius 3 is 2.89 bits per heavy atom. The Labute approximate surface area is 114 Å². The van der Waals surface area contributed by atoms with Crippen molar-refractivity contribution in [2.24, 2.45) is 0 Å². The lowest BCUT2D eigenvalue weighted by Crippen LogP contribution is -2.13. The SMILES string of the molecule is CCCNCc1cccc(OCc2ccccn2)c1. The second-order valence-electron chi connectivity index (χ2n) is 4.43. The van der Waals surface area contributed by atoms with Crippen LogP contribution >= 0.6 is 0 Å². The van der Waals surface area contributed by atoms with Crippen LogP contribution in [0.1, 0.15) is 24.6 Å². The summed E-state index contributed by atoms with van der Waals surface area (Å²) in [6, 6.07) is 14.0. The first kappa shape index (κ1) is 13.6. The molecule has 0 atom stereocenters. The fourth-order valence-corrected chi connectivity index (χ4v) is 1.80. The van der Waals surface area contributed by atoms with Crippen molar-refractivity contribution in [2.75, 3.05) is 6.54 Å². The Hall–Kier alpha value is -1.87. The number of rotatable bonds is 7. The number of hydrogen-bond donors (Lipinski definition) is 1. The summed E-state index contributed by atoms with van der Waals surface area (Å²) in [6.45, 7) is 4.60. The van der Waals surface area contributed by atoms with Crippen molar-refractivity contribution in [3.05, 3.63) is 59.9 Å². The van der Waals surface area contributed by atoms with Gasteiger partial charge in [-0.3, -0.25) is 4.98 Å². The highest BCUT2D eigenvalue weighted by Crippen LogP contribution is 2.14. The number of hydrogen-bond acceptors (Lipinski definition) is 3. The second kappa shape index (κ2) is 7.54. The lowest BCUT2D eigenvalue weighted by molar-refractivity contribution is 0.301. The molecule has 0 unspecified atom stereocenters. The van der Waals surface area contributed by atoms with Gasteiger partial charge in [-0.1, -0.05) is 25.1 Å². The van der Waals surface area contributed by atoms with Crippen molar-refractivity contribution < 1.29 is 4.74 Å². The van der Waals surface area contributed by atoms with Gasteiger partial charge in [0.15, 0.2) is 0 Å². The summed E-state index contributed by atoms with van der Waals surface area (Å²) in [5.74, 6) is 0.890. The van der Waals surface area contributed by atoms with Gasteiger partial charge in [-0.15, -0.1) is 0 Å². The fourth-order valence-electron chi connectivity index (χ4n) is 1.80. The number of aromatic nitrogens is 1. The Balaban J connectivity index is 1.88. The molecule has 0 amide bonds. The number of ether oxygens (including phenoxy) is 1. The average Bonchev–Trinajstić information content (AvgIpc) is 2.47. The van der Waals surface area contributed by atoms with E-state index >= 15 is 0 Å². The Morgan fingerprint density at radius 2 is 2.11 bits per heavy atom. The van der Waals surface area contributed by atoms with Crippen molar-refractivity contribution in [3.63, 3.8) is 0 Å². The van der Waals surface area contributed by atoms with Gasteiger partial charge in [-0.25, -0.2) is 0 Å². The topological polar surface area (TPSA) is 34.1 Å². The number of nitrogens with zero attached hydrogens (tertiary/aromatic N) is 1. The third-order valence-electron chi connectivity index (χ3n) is 2.77. The van der Waals surface area contributed by atoms with Crippen LogP contribution in [-0.4, -0.2) is 11.5 Å². The molecular weight excluding hydrogens is 236 g/mol. The molecule has 0 spiro atoms. The molecule has 1 N–H and O–H groups in total. The van der Waals surface area contributed by atoms with Crippen LogP contribution in [0.3, 0.4) is 0 Å². The molecule has 0 saturated carbocycles. The Morgan fingerprint density at radius 1 is 1.16 bits per heavy atom. The van der Waals surface area contributed by atoms with Crippen LogP contribution in [-0.2, 0) is 13.2 Å². The van der Waals surface area contributed by atoms with Crippen LogP contribution in [0.25, 0.3) is 0 Å². The Kier molecular flexibility index (Phi) is 5.38. The fraction of sp³-hybridized carbons (Fsp3) is 0.312. The van der Waals surface area contributed by atoms with E-state index in [4.69, 9.17) is 4.74 Å². The quantitative estimate of drug-likeness (QED) is 0.773. The predicted molar refractivity (Wildman–Crippen MR) is 77.0 cm³/mol. The van der Waals surface area contributed by atoms with E-state index in [-0.39, 0.29) is 0 Å². The molecule has 2 rings (SSSR count).